The van der Waals surface area contributed by atoms with E-state index >= 15 is 0 Å². The summed E-state index contributed by atoms with van der Waals surface area (Å²) in [5.41, 5.74) is 1.55. The van der Waals surface area contributed by atoms with Crippen LogP contribution in [0.2, 0.25) is 0 Å². The molecule has 0 aromatic rings. The summed E-state index contributed by atoms with van der Waals surface area (Å²) in [6, 6.07) is 0. The van der Waals surface area contributed by atoms with Crippen molar-refractivity contribution in [1.82, 2.24) is 5.32 Å². The molecule has 0 aliphatic heterocycles. The first-order valence-electron chi connectivity index (χ1n) is 8.27. The van der Waals surface area contributed by atoms with Crippen LogP contribution in [0.25, 0.3) is 0 Å². The van der Waals surface area contributed by atoms with Crippen molar-refractivity contribution in [2.24, 2.45) is 0 Å². The van der Waals surface area contributed by atoms with Crippen molar-refractivity contribution in [2.45, 2.75) is 84.0 Å². The number of allylic oxidation sites excluding steroid dienone is 1. The van der Waals surface area contributed by atoms with E-state index in [0.29, 0.717) is 6.42 Å². The Bertz CT molecular complexity index is 270. The van der Waals surface area contributed by atoms with Crippen molar-refractivity contribution in [3.63, 3.8) is 0 Å². The molecule has 1 N–H and O–H groups in total. The van der Waals surface area contributed by atoms with Crippen molar-refractivity contribution in [2.75, 3.05) is 6.54 Å². The maximum Gasteiger partial charge on any atom is 0.220 e. The number of carbonyl (C=O) groups is 1. The van der Waals surface area contributed by atoms with Crippen LogP contribution in [0.5, 0.6) is 0 Å². The van der Waals surface area contributed by atoms with Gasteiger partial charge in [0.05, 0.1) is 0 Å². The monoisotopic (exact) mass is 265 g/mol. The Kier molecular flexibility index (Phi) is 9.48. The van der Waals surface area contributed by atoms with Gasteiger partial charge in [0.2, 0.25) is 5.91 Å². The molecular weight excluding hydrogens is 234 g/mol. The number of nitrogens with one attached hydrogen (secondary N) is 1. The molecule has 0 unspecified atom stereocenters. The van der Waals surface area contributed by atoms with E-state index in [-0.39, 0.29) is 5.91 Å². The standard InChI is InChI=1S/C17H31NO/c1-2-3-4-5-6-10-13-17(19)18-15-14-16-11-8-7-9-12-16/h11H,2-10,12-15H2,1H3,(H,18,19). The lowest BCUT2D eigenvalue weighted by molar-refractivity contribution is -0.121. The second kappa shape index (κ2) is 11.1. The molecule has 0 heterocycles. The minimum absolute atomic E-state index is 0.243. The van der Waals surface area contributed by atoms with E-state index in [1.54, 1.807) is 5.57 Å². The van der Waals surface area contributed by atoms with Gasteiger partial charge in [0, 0.05) is 13.0 Å². The molecule has 1 amide bonds. The van der Waals surface area contributed by atoms with Crippen LogP contribution in [-0.2, 0) is 4.79 Å². The molecule has 2 nitrogen and oxygen atoms in total. The van der Waals surface area contributed by atoms with E-state index in [1.807, 2.05) is 0 Å². The third kappa shape index (κ3) is 8.85. The molecule has 1 rings (SSSR count). The van der Waals surface area contributed by atoms with E-state index in [0.717, 1.165) is 19.4 Å². The van der Waals surface area contributed by atoms with Gasteiger partial charge in [-0.05, 0) is 38.5 Å². The van der Waals surface area contributed by atoms with Crippen LogP contribution in [0.1, 0.15) is 84.0 Å². The Morgan fingerprint density at radius 2 is 1.95 bits per heavy atom. The van der Waals surface area contributed by atoms with Gasteiger partial charge < -0.3 is 5.32 Å². The fraction of sp³-hybridized carbons (Fsp3) is 0.824. The summed E-state index contributed by atoms with van der Waals surface area (Å²) in [6.45, 7) is 3.07. The zero-order valence-electron chi connectivity index (χ0n) is 12.7. The molecule has 0 saturated carbocycles. The average molecular weight is 265 g/mol. The number of unbranched alkanes of at least 4 members (excludes halogenated alkanes) is 5. The van der Waals surface area contributed by atoms with E-state index in [1.165, 1.54) is 57.8 Å². The van der Waals surface area contributed by atoms with Gasteiger partial charge in [0.15, 0.2) is 0 Å². The normalized spacial score (nSPS) is 15.1. The van der Waals surface area contributed by atoms with Gasteiger partial charge in [-0.2, -0.15) is 0 Å². The van der Waals surface area contributed by atoms with Crippen LogP contribution in [0.4, 0.5) is 0 Å². The van der Waals surface area contributed by atoms with E-state index in [2.05, 4.69) is 18.3 Å². The highest BCUT2D eigenvalue weighted by atomic mass is 16.1. The Hall–Kier alpha value is -0.790. The zero-order valence-corrected chi connectivity index (χ0v) is 12.7. The van der Waals surface area contributed by atoms with Gasteiger partial charge in [0.1, 0.15) is 0 Å². The summed E-state index contributed by atoms with van der Waals surface area (Å²) in [4.78, 5) is 11.6. The molecule has 1 aliphatic rings. The largest absolute Gasteiger partial charge is 0.356 e. The van der Waals surface area contributed by atoms with Crippen molar-refractivity contribution < 1.29 is 4.79 Å². The number of amides is 1. The van der Waals surface area contributed by atoms with Crippen LogP contribution in [0, 0.1) is 0 Å². The summed E-state index contributed by atoms with van der Waals surface area (Å²) >= 11 is 0. The quantitative estimate of drug-likeness (QED) is 0.448. The summed E-state index contributed by atoms with van der Waals surface area (Å²) in [6.07, 6.45) is 16.8. The lowest BCUT2D eigenvalue weighted by atomic mass is 9.97. The maximum absolute atomic E-state index is 11.6. The minimum atomic E-state index is 0.243. The summed E-state index contributed by atoms with van der Waals surface area (Å²) in [7, 11) is 0. The molecule has 0 saturated heterocycles. The van der Waals surface area contributed by atoms with E-state index in [4.69, 9.17) is 0 Å². The molecule has 1 aliphatic carbocycles. The van der Waals surface area contributed by atoms with Crippen molar-refractivity contribution in [1.29, 1.82) is 0 Å². The van der Waals surface area contributed by atoms with Gasteiger partial charge in [-0.15, -0.1) is 0 Å². The van der Waals surface area contributed by atoms with Crippen molar-refractivity contribution in [3.8, 4) is 0 Å². The fourth-order valence-electron chi connectivity index (χ4n) is 2.65. The van der Waals surface area contributed by atoms with Crippen LogP contribution in [0.15, 0.2) is 11.6 Å². The molecule has 0 atom stereocenters. The number of carbonyl (C=O) groups excluding carboxylic acids is 1. The summed E-state index contributed by atoms with van der Waals surface area (Å²) < 4.78 is 0. The molecule has 0 bridgehead atoms. The highest BCUT2D eigenvalue weighted by Gasteiger charge is 2.05. The Labute approximate surface area is 119 Å². The van der Waals surface area contributed by atoms with Gasteiger partial charge >= 0.3 is 0 Å². The van der Waals surface area contributed by atoms with Crippen LogP contribution in [0.3, 0.4) is 0 Å². The van der Waals surface area contributed by atoms with Crippen LogP contribution >= 0.6 is 0 Å². The van der Waals surface area contributed by atoms with E-state index < -0.39 is 0 Å². The molecule has 0 aromatic heterocycles. The Balaban J connectivity index is 1.91. The average Bonchev–Trinajstić information content (AvgIpc) is 2.44. The van der Waals surface area contributed by atoms with Gasteiger partial charge in [0.25, 0.3) is 0 Å². The Morgan fingerprint density at radius 1 is 1.16 bits per heavy atom. The molecule has 110 valence electrons. The Morgan fingerprint density at radius 3 is 2.68 bits per heavy atom. The third-order valence-electron chi connectivity index (χ3n) is 3.91. The highest BCUT2D eigenvalue weighted by molar-refractivity contribution is 5.75. The maximum atomic E-state index is 11.6. The van der Waals surface area contributed by atoms with Crippen LogP contribution < -0.4 is 5.32 Å². The molecule has 2 heteroatoms. The lowest BCUT2D eigenvalue weighted by Gasteiger charge is -2.12. The number of hydrogen-bond acceptors (Lipinski definition) is 1. The molecule has 0 aromatic carbocycles. The molecule has 19 heavy (non-hydrogen) atoms. The number of hydrogen-bond donors (Lipinski definition) is 1. The second-order valence-corrected chi connectivity index (χ2v) is 5.73. The predicted octanol–water partition coefficient (Wildman–Crippen LogP) is 4.74. The lowest BCUT2D eigenvalue weighted by Crippen LogP contribution is -2.24. The molecule has 0 fully saturated rings. The first-order valence-corrected chi connectivity index (χ1v) is 8.27. The molecule has 0 spiro atoms. The second-order valence-electron chi connectivity index (χ2n) is 5.73. The highest BCUT2D eigenvalue weighted by Crippen LogP contribution is 2.19. The number of rotatable bonds is 10. The van der Waals surface area contributed by atoms with Gasteiger partial charge in [-0.25, -0.2) is 0 Å². The first-order chi connectivity index (χ1) is 9.33. The van der Waals surface area contributed by atoms with Crippen LogP contribution in [-0.4, -0.2) is 12.5 Å². The smallest absolute Gasteiger partial charge is 0.220 e. The zero-order chi connectivity index (χ0) is 13.8. The van der Waals surface area contributed by atoms with Gasteiger partial charge in [-0.1, -0.05) is 50.7 Å². The third-order valence-corrected chi connectivity index (χ3v) is 3.91. The SMILES string of the molecule is CCCCCCCCC(=O)NCCC1=CCCCC1. The summed E-state index contributed by atoms with van der Waals surface area (Å²) in [5.74, 6) is 0.243. The predicted molar refractivity (Wildman–Crippen MR) is 82.2 cm³/mol. The van der Waals surface area contributed by atoms with E-state index in [9.17, 15) is 4.79 Å². The summed E-state index contributed by atoms with van der Waals surface area (Å²) in [5, 5.41) is 3.05. The van der Waals surface area contributed by atoms with Crippen molar-refractivity contribution >= 4 is 5.91 Å². The minimum Gasteiger partial charge on any atom is -0.356 e. The van der Waals surface area contributed by atoms with Gasteiger partial charge in [-0.3, -0.25) is 4.79 Å². The molecular formula is C17H31NO. The molecule has 0 radical (unpaired) electrons. The first kappa shape index (κ1) is 16.3. The topological polar surface area (TPSA) is 29.1 Å². The fourth-order valence-corrected chi connectivity index (χ4v) is 2.65. The van der Waals surface area contributed by atoms with Crippen molar-refractivity contribution in [3.05, 3.63) is 11.6 Å².